The molecule has 0 amide bonds. The monoisotopic (exact) mass is 308 g/mol. The third kappa shape index (κ3) is 6.18. The zero-order chi connectivity index (χ0) is 17.2. The van der Waals surface area contributed by atoms with Crippen LogP contribution in [0.3, 0.4) is 0 Å². The molecule has 0 aromatic heterocycles. The number of allylic oxidation sites excluding steroid dienone is 3. The molecule has 0 aliphatic heterocycles. The van der Waals surface area contributed by atoms with Crippen LogP contribution in [0.15, 0.2) is 36.6 Å². The summed E-state index contributed by atoms with van der Waals surface area (Å²) in [6, 6.07) is 0. The third-order valence-corrected chi connectivity index (χ3v) is 4.04. The van der Waals surface area contributed by atoms with Gasteiger partial charge in [-0.25, -0.2) is 0 Å². The van der Waals surface area contributed by atoms with Crippen molar-refractivity contribution >= 4 is 5.78 Å². The second-order valence-electron chi connectivity index (χ2n) is 5.86. The maximum absolute atomic E-state index is 11.7. The highest BCUT2D eigenvalue weighted by molar-refractivity contribution is 5.95. The Morgan fingerprint density at radius 1 is 1.18 bits per heavy atom. The smallest absolute Gasteiger partial charge is 0.186 e. The van der Waals surface area contributed by atoms with E-state index in [1.54, 1.807) is 13.8 Å². The van der Waals surface area contributed by atoms with Gasteiger partial charge in [0, 0.05) is 6.42 Å². The average molecular weight is 308 g/mol. The fraction of sp³-hybridized carbons (Fsp3) is 0.632. The standard InChI is InChI=1S/C19H32O3/c1-8-13-16(9-2)22-19(11-4,12-5)14-15-21-18(6,7)17(20)10-3/h8-10,13H,3,11-12,14-15H2,1-2,4-7H3/b13-8-,16-9+. The van der Waals surface area contributed by atoms with E-state index in [0.29, 0.717) is 6.61 Å². The van der Waals surface area contributed by atoms with Gasteiger partial charge in [-0.3, -0.25) is 4.79 Å². The molecule has 22 heavy (non-hydrogen) atoms. The average Bonchev–Trinajstić information content (AvgIpc) is 2.52. The first kappa shape index (κ1) is 20.6. The first-order chi connectivity index (χ1) is 10.3. The van der Waals surface area contributed by atoms with Crippen LogP contribution >= 0.6 is 0 Å². The van der Waals surface area contributed by atoms with Crippen LogP contribution < -0.4 is 0 Å². The van der Waals surface area contributed by atoms with E-state index in [0.717, 1.165) is 25.0 Å². The van der Waals surface area contributed by atoms with Gasteiger partial charge in [0.15, 0.2) is 5.78 Å². The van der Waals surface area contributed by atoms with Crippen LogP contribution in [0.4, 0.5) is 0 Å². The van der Waals surface area contributed by atoms with Crippen molar-refractivity contribution in [3.05, 3.63) is 36.6 Å². The van der Waals surface area contributed by atoms with Gasteiger partial charge in [0.25, 0.3) is 0 Å². The van der Waals surface area contributed by atoms with Crippen molar-refractivity contribution in [2.45, 2.75) is 72.0 Å². The summed E-state index contributed by atoms with van der Waals surface area (Å²) < 4.78 is 12.0. The number of rotatable bonds is 11. The fourth-order valence-corrected chi connectivity index (χ4v) is 2.21. The van der Waals surface area contributed by atoms with E-state index in [-0.39, 0.29) is 11.4 Å². The maximum atomic E-state index is 11.7. The van der Waals surface area contributed by atoms with Crippen LogP contribution in [-0.4, -0.2) is 23.6 Å². The molecule has 0 heterocycles. The quantitative estimate of drug-likeness (QED) is 0.307. The van der Waals surface area contributed by atoms with Crippen LogP contribution in [-0.2, 0) is 14.3 Å². The molecule has 0 aromatic carbocycles. The molecule has 0 aliphatic carbocycles. The molecule has 0 rings (SSSR count). The highest BCUT2D eigenvalue weighted by Gasteiger charge is 2.31. The topological polar surface area (TPSA) is 35.5 Å². The van der Waals surface area contributed by atoms with E-state index in [1.807, 2.05) is 32.1 Å². The van der Waals surface area contributed by atoms with Crippen molar-refractivity contribution in [3.63, 3.8) is 0 Å². The van der Waals surface area contributed by atoms with E-state index in [1.165, 1.54) is 6.08 Å². The summed E-state index contributed by atoms with van der Waals surface area (Å²) >= 11 is 0. The van der Waals surface area contributed by atoms with Gasteiger partial charge in [0.05, 0.1) is 6.61 Å². The van der Waals surface area contributed by atoms with Crippen molar-refractivity contribution in [1.82, 2.24) is 0 Å². The number of hydrogen-bond donors (Lipinski definition) is 0. The normalized spacial score (nSPS) is 13.5. The minimum absolute atomic E-state index is 0.102. The highest BCUT2D eigenvalue weighted by Crippen LogP contribution is 2.29. The number of carbonyl (C=O) groups is 1. The molecule has 0 spiro atoms. The number of carbonyl (C=O) groups excluding carboxylic acids is 1. The van der Waals surface area contributed by atoms with Crippen molar-refractivity contribution in [2.24, 2.45) is 0 Å². The Morgan fingerprint density at radius 3 is 2.18 bits per heavy atom. The maximum Gasteiger partial charge on any atom is 0.186 e. The molecule has 0 unspecified atom stereocenters. The van der Waals surface area contributed by atoms with E-state index in [9.17, 15) is 4.79 Å². The van der Waals surface area contributed by atoms with E-state index >= 15 is 0 Å². The Kier molecular flexibility index (Phi) is 9.03. The second-order valence-corrected chi connectivity index (χ2v) is 5.86. The summed E-state index contributed by atoms with van der Waals surface area (Å²) in [6.07, 6.45) is 9.72. The first-order valence-electron chi connectivity index (χ1n) is 8.09. The first-order valence-corrected chi connectivity index (χ1v) is 8.09. The zero-order valence-corrected chi connectivity index (χ0v) is 15.1. The van der Waals surface area contributed by atoms with Gasteiger partial charge >= 0.3 is 0 Å². The predicted octanol–water partition coefficient (Wildman–Crippen LogP) is 4.98. The van der Waals surface area contributed by atoms with Gasteiger partial charge in [-0.15, -0.1) is 0 Å². The van der Waals surface area contributed by atoms with Gasteiger partial charge in [-0.1, -0.05) is 26.5 Å². The molecular weight excluding hydrogens is 276 g/mol. The third-order valence-electron chi connectivity index (χ3n) is 4.04. The Hall–Kier alpha value is -1.35. The molecule has 3 nitrogen and oxygen atoms in total. The summed E-state index contributed by atoms with van der Waals surface area (Å²) in [4.78, 5) is 11.7. The minimum atomic E-state index is -0.832. The summed E-state index contributed by atoms with van der Waals surface area (Å²) in [7, 11) is 0. The molecule has 0 atom stereocenters. The SMILES string of the molecule is C=CC(=O)C(C)(C)OCCC(CC)(CC)OC(/C=C\C)=C/C. The summed E-state index contributed by atoms with van der Waals surface area (Å²) in [5.74, 6) is 0.766. The summed E-state index contributed by atoms with van der Waals surface area (Å²) in [5.41, 5.74) is -1.10. The predicted molar refractivity (Wildman–Crippen MR) is 92.8 cm³/mol. The van der Waals surface area contributed by atoms with Gasteiger partial charge in [-0.2, -0.15) is 0 Å². The van der Waals surface area contributed by atoms with Gasteiger partial charge in [0.1, 0.15) is 17.0 Å². The lowest BCUT2D eigenvalue weighted by atomic mass is 9.93. The molecule has 3 heteroatoms. The van der Waals surface area contributed by atoms with Crippen LogP contribution in [0.5, 0.6) is 0 Å². The Bertz CT molecular complexity index is 412. The number of ether oxygens (including phenoxy) is 2. The summed E-state index contributed by atoms with van der Waals surface area (Å²) in [6.45, 7) is 15.7. The summed E-state index contributed by atoms with van der Waals surface area (Å²) in [5, 5.41) is 0. The van der Waals surface area contributed by atoms with Crippen LogP contribution in [0, 0.1) is 0 Å². The molecule has 0 saturated carbocycles. The molecule has 0 N–H and O–H groups in total. The van der Waals surface area contributed by atoms with Crippen molar-refractivity contribution in [3.8, 4) is 0 Å². The van der Waals surface area contributed by atoms with Crippen LogP contribution in [0.1, 0.15) is 60.8 Å². The highest BCUT2D eigenvalue weighted by atomic mass is 16.5. The second kappa shape index (κ2) is 9.62. The molecule has 0 radical (unpaired) electrons. The van der Waals surface area contributed by atoms with Gasteiger partial charge in [0.2, 0.25) is 0 Å². The largest absolute Gasteiger partial charge is 0.488 e. The minimum Gasteiger partial charge on any atom is -0.488 e. The van der Waals surface area contributed by atoms with Crippen molar-refractivity contribution in [2.75, 3.05) is 6.61 Å². The van der Waals surface area contributed by atoms with Crippen molar-refractivity contribution in [1.29, 1.82) is 0 Å². The van der Waals surface area contributed by atoms with Gasteiger partial charge in [-0.05, 0) is 58.8 Å². The lowest BCUT2D eigenvalue weighted by molar-refractivity contribution is -0.137. The van der Waals surface area contributed by atoms with E-state index in [2.05, 4.69) is 20.4 Å². The Labute approximate surface area is 136 Å². The molecular formula is C19H32O3. The Morgan fingerprint density at radius 2 is 1.77 bits per heavy atom. The Balaban J connectivity index is 4.84. The van der Waals surface area contributed by atoms with Crippen LogP contribution in [0.25, 0.3) is 0 Å². The molecule has 126 valence electrons. The number of ketones is 1. The number of hydrogen-bond acceptors (Lipinski definition) is 3. The fourth-order valence-electron chi connectivity index (χ4n) is 2.21. The van der Waals surface area contributed by atoms with E-state index < -0.39 is 5.60 Å². The zero-order valence-electron chi connectivity index (χ0n) is 15.1. The lowest BCUT2D eigenvalue weighted by Gasteiger charge is -2.34. The molecule has 0 saturated heterocycles. The van der Waals surface area contributed by atoms with Crippen molar-refractivity contribution < 1.29 is 14.3 Å². The molecule has 0 bridgehead atoms. The van der Waals surface area contributed by atoms with Crippen LogP contribution in [0.2, 0.25) is 0 Å². The molecule has 0 aromatic rings. The van der Waals surface area contributed by atoms with E-state index in [4.69, 9.17) is 9.47 Å². The molecule has 0 fully saturated rings. The lowest BCUT2D eigenvalue weighted by Crippen LogP contribution is -2.37. The van der Waals surface area contributed by atoms with Gasteiger partial charge < -0.3 is 9.47 Å². The molecule has 0 aliphatic rings.